The summed E-state index contributed by atoms with van der Waals surface area (Å²) in [6, 6.07) is 0. The van der Waals surface area contributed by atoms with Crippen molar-refractivity contribution >= 4 is 0 Å². The molecule has 10 nitrogen and oxygen atoms in total. The molecule has 0 spiro atoms. The van der Waals surface area contributed by atoms with E-state index in [1.54, 1.807) is 0 Å². The number of aliphatic hydroxyl groups is 7. The van der Waals surface area contributed by atoms with Crippen LogP contribution in [0, 0.1) is 0 Å². The van der Waals surface area contributed by atoms with Crippen molar-refractivity contribution in [2.45, 2.75) is 61.4 Å². The highest BCUT2D eigenvalue weighted by Crippen LogP contribution is 2.28. The predicted octanol–water partition coefficient (Wildman–Crippen LogP) is -4.42. The molecule has 2 heterocycles. The van der Waals surface area contributed by atoms with Crippen LogP contribution in [0.5, 0.6) is 0 Å². The molecule has 2 aliphatic heterocycles. The van der Waals surface area contributed by atoms with Gasteiger partial charge in [0.1, 0.15) is 55.5 Å². The van der Waals surface area contributed by atoms with Crippen LogP contribution >= 0.6 is 0 Å². The predicted molar refractivity (Wildman–Crippen MR) is 67.5 cm³/mol. The molecular weight excluding hydrogens is 323 g/mol. The topological polar surface area (TPSA) is 169 Å². The summed E-state index contributed by atoms with van der Waals surface area (Å²) in [7, 11) is 0. The normalized spacial score (nSPS) is 51.7. The second-order valence-electron chi connectivity index (χ2n) is 5.50. The van der Waals surface area contributed by atoms with Gasteiger partial charge in [-0.05, 0) is 0 Å². The Morgan fingerprint density at radius 1 is 0.696 bits per heavy atom. The largest absolute Gasteiger partial charge is 0.394 e. The first-order valence-electron chi connectivity index (χ1n) is 7.03. The van der Waals surface area contributed by atoms with E-state index in [4.69, 9.17) is 19.3 Å². The van der Waals surface area contributed by atoms with Gasteiger partial charge >= 0.3 is 0 Å². The Balaban J connectivity index is 2.07. The second-order valence-corrected chi connectivity index (χ2v) is 5.50. The Hall–Kier alpha value is -0.470. The first kappa shape index (κ1) is 18.9. The fourth-order valence-electron chi connectivity index (χ4n) is 2.47. The quantitative estimate of drug-likeness (QED) is 0.264. The molecule has 10 atom stereocenters. The maximum absolute atomic E-state index is 12.8. The van der Waals surface area contributed by atoms with E-state index in [-0.39, 0.29) is 0 Å². The van der Waals surface area contributed by atoms with E-state index in [2.05, 4.69) is 0 Å². The summed E-state index contributed by atoms with van der Waals surface area (Å²) in [5, 5.41) is 67.1. The number of rotatable bonds is 4. The van der Waals surface area contributed by atoms with E-state index < -0.39 is 74.7 Å². The van der Waals surface area contributed by atoms with Gasteiger partial charge in [-0.15, -0.1) is 0 Å². The Morgan fingerprint density at radius 3 is 1.57 bits per heavy atom. The molecule has 2 saturated heterocycles. The number of hydrogen-bond donors (Lipinski definition) is 7. The first-order valence-corrected chi connectivity index (χ1v) is 7.03. The lowest BCUT2D eigenvalue weighted by molar-refractivity contribution is -0.375. The Kier molecular flexibility index (Phi) is 6.24. The molecule has 0 amide bonds. The minimum Gasteiger partial charge on any atom is -0.394 e. The molecular formula is C12H21FO10. The lowest BCUT2D eigenvalue weighted by Gasteiger charge is -2.44. The number of ether oxygens (including phenoxy) is 3. The molecule has 7 N–H and O–H groups in total. The maximum atomic E-state index is 12.8. The minimum absolute atomic E-state index is 0.687. The molecule has 136 valence electrons. The van der Waals surface area contributed by atoms with Crippen molar-refractivity contribution in [2.24, 2.45) is 0 Å². The molecule has 0 aliphatic carbocycles. The molecule has 0 radical (unpaired) electrons. The fraction of sp³-hybridized carbons (Fsp3) is 1.00. The monoisotopic (exact) mass is 344 g/mol. The molecule has 2 rings (SSSR count). The Morgan fingerprint density at radius 2 is 1.13 bits per heavy atom. The zero-order valence-corrected chi connectivity index (χ0v) is 11.9. The number of hydrogen-bond acceptors (Lipinski definition) is 10. The van der Waals surface area contributed by atoms with Crippen LogP contribution < -0.4 is 0 Å². The van der Waals surface area contributed by atoms with Crippen LogP contribution in [0.1, 0.15) is 0 Å². The van der Waals surface area contributed by atoms with Gasteiger partial charge in [0.2, 0.25) is 0 Å². The first-order chi connectivity index (χ1) is 10.8. The van der Waals surface area contributed by atoms with Crippen molar-refractivity contribution in [2.75, 3.05) is 13.3 Å². The molecule has 2 aliphatic rings. The molecule has 23 heavy (non-hydrogen) atoms. The number of aliphatic hydroxyl groups excluding tert-OH is 7. The van der Waals surface area contributed by atoms with Crippen molar-refractivity contribution in [3.05, 3.63) is 0 Å². The van der Waals surface area contributed by atoms with E-state index in [1.165, 1.54) is 0 Å². The number of halogens is 1. The van der Waals surface area contributed by atoms with Gasteiger partial charge in [0.25, 0.3) is 0 Å². The Bertz CT molecular complexity index is 349. The van der Waals surface area contributed by atoms with Crippen molar-refractivity contribution in [3.8, 4) is 0 Å². The van der Waals surface area contributed by atoms with Crippen molar-refractivity contribution in [1.82, 2.24) is 0 Å². The minimum atomic E-state index is -1.78. The second kappa shape index (κ2) is 7.61. The molecule has 0 aromatic carbocycles. The molecule has 4 unspecified atom stereocenters. The third-order valence-corrected chi connectivity index (χ3v) is 3.94. The van der Waals surface area contributed by atoms with E-state index >= 15 is 0 Å². The average molecular weight is 344 g/mol. The van der Waals surface area contributed by atoms with Crippen LogP contribution in [0.25, 0.3) is 0 Å². The molecule has 11 heteroatoms. The zero-order valence-electron chi connectivity index (χ0n) is 11.9. The van der Waals surface area contributed by atoms with E-state index in [9.17, 15) is 35.0 Å². The summed E-state index contributed by atoms with van der Waals surface area (Å²) in [5.74, 6) is 0. The number of alkyl halides is 1. The summed E-state index contributed by atoms with van der Waals surface area (Å²) >= 11 is 0. The SMILES string of the molecule is OCC1O[C@H](O[C@H]2OC(CF)[C@@H](O)[C@H](O)C2O)C(O)[C@H](O)[C@@H]1O. The summed E-state index contributed by atoms with van der Waals surface area (Å²) in [6.07, 6.45) is -16.3. The van der Waals surface area contributed by atoms with Crippen molar-refractivity contribution in [3.63, 3.8) is 0 Å². The lowest BCUT2D eigenvalue weighted by atomic mass is 9.98. The van der Waals surface area contributed by atoms with E-state index in [0.29, 0.717) is 0 Å². The summed E-state index contributed by atoms with van der Waals surface area (Å²) in [5.41, 5.74) is 0. The van der Waals surface area contributed by atoms with E-state index in [1.807, 2.05) is 0 Å². The van der Waals surface area contributed by atoms with Crippen molar-refractivity contribution < 1.29 is 54.3 Å². The van der Waals surface area contributed by atoms with Gasteiger partial charge in [0, 0.05) is 0 Å². The standard InChI is InChI=1S/C12H21FO10/c13-1-3-5(15)7(17)9(19)11(21-3)23-12-10(20)8(18)6(16)4(2-14)22-12/h3-12,14-20H,1-2H2/t3?,4?,5-,6-,7+,8-,9?,10?,11-,12-/m1/s1. The highest BCUT2D eigenvalue weighted by atomic mass is 19.1. The lowest BCUT2D eigenvalue weighted by Crippen LogP contribution is -2.63. The van der Waals surface area contributed by atoms with Gasteiger partial charge in [-0.1, -0.05) is 0 Å². The molecule has 0 aromatic rings. The van der Waals surface area contributed by atoms with Crippen LogP contribution in [0.4, 0.5) is 4.39 Å². The molecule has 0 saturated carbocycles. The maximum Gasteiger partial charge on any atom is 0.189 e. The molecule has 0 aromatic heterocycles. The highest BCUT2D eigenvalue weighted by Gasteiger charge is 2.49. The third-order valence-electron chi connectivity index (χ3n) is 3.94. The molecule has 0 bridgehead atoms. The van der Waals surface area contributed by atoms with Crippen LogP contribution in [0.2, 0.25) is 0 Å². The van der Waals surface area contributed by atoms with Gasteiger partial charge in [0.05, 0.1) is 6.61 Å². The van der Waals surface area contributed by atoms with Crippen LogP contribution in [0.15, 0.2) is 0 Å². The zero-order chi connectivity index (χ0) is 17.3. The molecule has 2 fully saturated rings. The van der Waals surface area contributed by atoms with Crippen LogP contribution in [-0.4, -0.2) is 110 Å². The average Bonchev–Trinajstić information content (AvgIpc) is 2.55. The summed E-state index contributed by atoms with van der Waals surface area (Å²) < 4.78 is 27.9. The smallest absolute Gasteiger partial charge is 0.189 e. The summed E-state index contributed by atoms with van der Waals surface area (Å²) in [4.78, 5) is 0. The van der Waals surface area contributed by atoms with Crippen LogP contribution in [0.3, 0.4) is 0 Å². The van der Waals surface area contributed by atoms with Gasteiger partial charge in [-0.25, -0.2) is 4.39 Å². The van der Waals surface area contributed by atoms with Gasteiger partial charge in [0.15, 0.2) is 12.6 Å². The van der Waals surface area contributed by atoms with E-state index in [0.717, 1.165) is 0 Å². The Labute approximate surface area is 130 Å². The van der Waals surface area contributed by atoms with Crippen LogP contribution in [-0.2, 0) is 14.2 Å². The highest BCUT2D eigenvalue weighted by molar-refractivity contribution is 4.92. The van der Waals surface area contributed by atoms with Crippen molar-refractivity contribution in [1.29, 1.82) is 0 Å². The summed E-state index contributed by atoms with van der Waals surface area (Å²) in [6.45, 7) is -1.85. The fourth-order valence-corrected chi connectivity index (χ4v) is 2.47. The third kappa shape index (κ3) is 3.64. The van der Waals surface area contributed by atoms with Gasteiger partial charge in [-0.2, -0.15) is 0 Å². The van der Waals surface area contributed by atoms with Gasteiger partial charge < -0.3 is 50.0 Å². The van der Waals surface area contributed by atoms with Gasteiger partial charge in [-0.3, -0.25) is 0 Å².